The lowest BCUT2D eigenvalue weighted by Gasteiger charge is -2.32. The summed E-state index contributed by atoms with van der Waals surface area (Å²) in [5.41, 5.74) is 0.689. The summed E-state index contributed by atoms with van der Waals surface area (Å²) in [6.45, 7) is 0. The van der Waals surface area contributed by atoms with Gasteiger partial charge in [0.15, 0.2) is 0 Å². The second-order valence-electron chi connectivity index (χ2n) is 4.81. The Hall–Kier alpha value is -1.02. The Labute approximate surface area is 97.3 Å². The van der Waals surface area contributed by atoms with Crippen LogP contribution < -0.4 is 4.74 Å². The van der Waals surface area contributed by atoms with E-state index in [1.54, 1.807) is 7.11 Å². The van der Waals surface area contributed by atoms with E-state index in [9.17, 15) is 5.11 Å². The van der Waals surface area contributed by atoms with Crippen molar-refractivity contribution in [1.29, 1.82) is 0 Å². The molecule has 0 aromatic heterocycles. The summed E-state index contributed by atoms with van der Waals surface area (Å²) < 4.78 is 5.20. The first-order valence-electron chi connectivity index (χ1n) is 6.07. The summed E-state index contributed by atoms with van der Waals surface area (Å²) in [6.07, 6.45) is 6.19. The predicted molar refractivity (Wildman–Crippen MR) is 64.7 cm³/mol. The second kappa shape index (κ2) is 4.88. The maximum Gasteiger partial charge on any atom is 0.119 e. The standard InChI is InChI=1S/C14H20O2/c1-16-13-7-5-6-12(10-13)11-14(15)8-3-2-4-9-14/h5-7,10,15H,2-4,8-9,11H2,1H3. The highest BCUT2D eigenvalue weighted by Crippen LogP contribution is 2.31. The van der Waals surface area contributed by atoms with Crippen LogP contribution in [0.2, 0.25) is 0 Å². The molecule has 0 spiro atoms. The molecule has 2 nitrogen and oxygen atoms in total. The number of methoxy groups -OCH3 is 1. The first-order valence-corrected chi connectivity index (χ1v) is 6.07. The Bertz CT molecular complexity index is 340. The molecule has 0 atom stereocenters. The largest absolute Gasteiger partial charge is 0.497 e. The highest BCUT2D eigenvalue weighted by molar-refractivity contribution is 5.29. The van der Waals surface area contributed by atoms with Crippen LogP contribution in [0.4, 0.5) is 0 Å². The van der Waals surface area contributed by atoms with Crippen molar-refractivity contribution < 1.29 is 9.84 Å². The maximum atomic E-state index is 10.4. The Morgan fingerprint density at radius 1 is 1.25 bits per heavy atom. The first kappa shape index (κ1) is 11.5. The van der Waals surface area contributed by atoms with E-state index in [2.05, 4.69) is 6.07 Å². The molecule has 0 bridgehead atoms. The second-order valence-corrected chi connectivity index (χ2v) is 4.81. The van der Waals surface area contributed by atoms with Gasteiger partial charge in [-0.05, 0) is 30.5 Å². The molecule has 1 saturated carbocycles. The molecule has 1 N–H and O–H groups in total. The highest BCUT2D eigenvalue weighted by atomic mass is 16.5. The Balaban J connectivity index is 2.07. The van der Waals surface area contributed by atoms with Crippen LogP contribution >= 0.6 is 0 Å². The average molecular weight is 220 g/mol. The molecule has 1 aliphatic carbocycles. The van der Waals surface area contributed by atoms with Crippen molar-refractivity contribution in [3.8, 4) is 5.75 Å². The van der Waals surface area contributed by atoms with Gasteiger partial charge in [-0.2, -0.15) is 0 Å². The van der Waals surface area contributed by atoms with Gasteiger partial charge in [-0.15, -0.1) is 0 Å². The zero-order valence-corrected chi connectivity index (χ0v) is 9.91. The molecule has 0 amide bonds. The van der Waals surface area contributed by atoms with Crippen LogP contribution in [-0.4, -0.2) is 17.8 Å². The molecule has 1 fully saturated rings. The summed E-state index contributed by atoms with van der Waals surface area (Å²) in [6, 6.07) is 8.01. The summed E-state index contributed by atoms with van der Waals surface area (Å²) in [5.74, 6) is 0.872. The summed E-state index contributed by atoms with van der Waals surface area (Å²) in [4.78, 5) is 0. The number of hydrogen-bond acceptors (Lipinski definition) is 2. The maximum absolute atomic E-state index is 10.4. The molecule has 0 aliphatic heterocycles. The van der Waals surface area contributed by atoms with E-state index in [-0.39, 0.29) is 0 Å². The van der Waals surface area contributed by atoms with Crippen molar-refractivity contribution >= 4 is 0 Å². The van der Waals surface area contributed by atoms with Gasteiger partial charge in [-0.3, -0.25) is 0 Å². The summed E-state index contributed by atoms with van der Waals surface area (Å²) >= 11 is 0. The predicted octanol–water partition coefficient (Wildman–Crippen LogP) is 2.93. The van der Waals surface area contributed by atoms with Gasteiger partial charge < -0.3 is 9.84 Å². The Morgan fingerprint density at radius 3 is 2.69 bits per heavy atom. The average Bonchev–Trinajstić information content (AvgIpc) is 2.29. The van der Waals surface area contributed by atoms with Gasteiger partial charge in [0.25, 0.3) is 0 Å². The van der Waals surface area contributed by atoms with Gasteiger partial charge in [0, 0.05) is 6.42 Å². The molecule has 0 radical (unpaired) electrons. The van der Waals surface area contributed by atoms with Crippen molar-refractivity contribution in [1.82, 2.24) is 0 Å². The van der Waals surface area contributed by atoms with Crippen molar-refractivity contribution in [3.05, 3.63) is 29.8 Å². The van der Waals surface area contributed by atoms with Crippen molar-refractivity contribution in [3.63, 3.8) is 0 Å². The molecule has 2 rings (SSSR count). The smallest absolute Gasteiger partial charge is 0.119 e. The minimum atomic E-state index is -0.482. The number of hydrogen-bond donors (Lipinski definition) is 1. The van der Waals surface area contributed by atoms with Gasteiger partial charge in [-0.1, -0.05) is 31.4 Å². The quantitative estimate of drug-likeness (QED) is 0.848. The molecule has 1 aromatic carbocycles. The molecular weight excluding hydrogens is 200 g/mol. The van der Waals surface area contributed by atoms with Gasteiger partial charge in [-0.25, -0.2) is 0 Å². The SMILES string of the molecule is COc1cccc(CC2(O)CCCCC2)c1. The van der Waals surface area contributed by atoms with Gasteiger partial charge in [0.05, 0.1) is 12.7 Å². The molecule has 0 saturated heterocycles. The fraction of sp³-hybridized carbons (Fsp3) is 0.571. The number of benzene rings is 1. The van der Waals surface area contributed by atoms with Crippen LogP contribution in [0.1, 0.15) is 37.7 Å². The van der Waals surface area contributed by atoms with E-state index >= 15 is 0 Å². The van der Waals surface area contributed by atoms with Gasteiger partial charge in [0.2, 0.25) is 0 Å². The lowest BCUT2D eigenvalue weighted by molar-refractivity contribution is 0.00447. The van der Waals surface area contributed by atoms with Gasteiger partial charge in [0.1, 0.15) is 5.75 Å². The number of rotatable bonds is 3. The van der Waals surface area contributed by atoms with E-state index in [0.29, 0.717) is 0 Å². The van der Waals surface area contributed by atoms with Gasteiger partial charge >= 0.3 is 0 Å². The lowest BCUT2D eigenvalue weighted by atomic mass is 9.80. The van der Waals surface area contributed by atoms with Crippen molar-refractivity contribution in [2.75, 3.05) is 7.11 Å². The molecule has 16 heavy (non-hydrogen) atoms. The minimum Gasteiger partial charge on any atom is -0.497 e. The molecular formula is C14H20O2. The van der Waals surface area contributed by atoms with Crippen LogP contribution in [0.15, 0.2) is 24.3 Å². The van der Waals surface area contributed by atoms with Crippen molar-refractivity contribution in [2.24, 2.45) is 0 Å². The molecule has 88 valence electrons. The van der Waals surface area contributed by atoms with E-state index < -0.39 is 5.60 Å². The van der Waals surface area contributed by atoms with E-state index in [4.69, 9.17) is 4.74 Å². The fourth-order valence-corrected chi connectivity index (χ4v) is 2.55. The van der Waals surface area contributed by atoms with Crippen molar-refractivity contribution in [2.45, 2.75) is 44.1 Å². The first-order chi connectivity index (χ1) is 7.72. The van der Waals surface area contributed by atoms with E-state index in [1.165, 1.54) is 12.0 Å². The fourth-order valence-electron chi connectivity index (χ4n) is 2.55. The third-order valence-corrected chi connectivity index (χ3v) is 3.45. The summed E-state index contributed by atoms with van der Waals surface area (Å²) in [7, 11) is 1.68. The topological polar surface area (TPSA) is 29.5 Å². The number of aliphatic hydroxyl groups is 1. The third kappa shape index (κ3) is 2.76. The molecule has 0 unspecified atom stereocenters. The zero-order chi connectivity index (χ0) is 11.4. The Morgan fingerprint density at radius 2 is 2.00 bits per heavy atom. The van der Waals surface area contributed by atoms with E-state index in [0.717, 1.165) is 37.9 Å². The Kier molecular flexibility index (Phi) is 3.49. The van der Waals surface area contributed by atoms with Crippen LogP contribution in [-0.2, 0) is 6.42 Å². The lowest BCUT2D eigenvalue weighted by Crippen LogP contribution is -2.33. The molecule has 1 aromatic rings. The molecule has 1 aliphatic rings. The van der Waals surface area contributed by atoms with Crippen LogP contribution in [0.5, 0.6) is 5.75 Å². The summed E-state index contributed by atoms with van der Waals surface area (Å²) in [5, 5.41) is 10.4. The van der Waals surface area contributed by atoms with Crippen LogP contribution in [0, 0.1) is 0 Å². The highest BCUT2D eigenvalue weighted by Gasteiger charge is 2.29. The van der Waals surface area contributed by atoms with Crippen LogP contribution in [0.25, 0.3) is 0 Å². The monoisotopic (exact) mass is 220 g/mol. The minimum absolute atomic E-state index is 0.482. The normalized spacial score (nSPS) is 19.4. The third-order valence-electron chi connectivity index (χ3n) is 3.45. The van der Waals surface area contributed by atoms with Crippen LogP contribution in [0.3, 0.4) is 0 Å². The molecule has 2 heteroatoms. The molecule has 0 heterocycles. The zero-order valence-electron chi connectivity index (χ0n) is 9.91. The van der Waals surface area contributed by atoms with E-state index in [1.807, 2.05) is 18.2 Å². The number of ether oxygens (including phenoxy) is 1.